The van der Waals surface area contributed by atoms with Crippen molar-refractivity contribution >= 4 is 17.2 Å². The molecule has 0 unspecified atom stereocenters. The Balaban J connectivity index is 1.75. The first kappa shape index (κ1) is 20.0. The third-order valence-electron chi connectivity index (χ3n) is 6.03. The van der Waals surface area contributed by atoms with Gasteiger partial charge in [-0.05, 0) is 111 Å². The number of aryl methyl sites for hydroxylation is 2. The molecule has 0 radical (unpaired) electrons. The molecule has 0 bridgehead atoms. The minimum atomic E-state index is 0.836. The van der Waals surface area contributed by atoms with Crippen molar-refractivity contribution < 1.29 is 0 Å². The van der Waals surface area contributed by atoms with E-state index >= 15 is 0 Å². The van der Waals surface area contributed by atoms with Crippen LogP contribution in [0.2, 0.25) is 5.02 Å². The van der Waals surface area contributed by atoms with Gasteiger partial charge in [-0.2, -0.15) is 0 Å². The summed E-state index contributed by atoms with van der Waals surface area (Å²) in [5.74, 6) is 0. The summed E-state index contributed by atoms with van der Waals surface area (Å²) in [6.07, 6.45) is 8.17. The first-order chi connectivity index (χ1) is 13.0. The second-order valence-electron chi connectivity index (χ2n) is 8.04. The Labute approximate surface area is 170 Å². The summed E-state index contributed by atoms with van der Waals surface area (Å²) >= 11 is 6.21. The predicted octanol–water partition coefficient (Wildman–Crippen LogP) is 8.04. The molecule has 0 atom stereocenters. The molecule has 0 spiro atoms. The summed E-state index contributed by atoms with van der Waals surface area (Å²) in [5.41, 5.74) is 11.6. The number of halogens is 1. The van der Waals surface area contributed by atoms with E-state index in [4.69, 9.17) is 11.6 Å². The van der Waals surface area contributed by atoms with Gasteiger partial charge in [-0.1, -0.05) is 47.0 Å². The maximum absolute atomic E-state index is 6.21. The Hall–Kier alpha value is -1.79. The standard InChI is InChI=1S/C26H31Cl/c1-18(2)11-12-21-13-14-22(20(4)19(21)3)15-16-23-7-6-10-26(23)24-8-5-9-25(27)17-24/h5,8-9,13-14,17H,1,6-7,10-12,15-16H2,2-4H3. The lowest BCUT2D eigenvalue weighted by Crippen LogP contribution is -1.99. The molecule has 3 rings (SSSR count). The topological polar surface area (TPSA) is 0 Å². The number of rotatable bonds is 7. The van der Waals surface area contributed by atoms with Crippen LogP contribution in [0.5, 0.6) is 0 Å². The summed E-state index contributed by atoms with van der Waals surface area (Å²) in [6, 6.07) is 13.0. The van der Waals surface area contributed by atoms with Crippen LogP contribution in [0, 0.1) is 13.8 Å². The molecule has 27 heavy (non-hydrogen) atoms. The monoisotopic (exact) mass is 378 g/mol. The fourth-order valence-corrected chi connectivity index (χ4v) is 4.41. The van der Waals surface area contributed by atoms with Gasteiger partial charge in [0.15, 0.2) is 0 Å². The molecule has 2 aromatic carbocycles. The Kier molecular flexibility index (Phi) is 6.60. The number of hydrogen-bond donors (Lipinski definition) is 0. The van der Waals surface area contributed by atoms with Crippen LogP contribution >= 0.6 is 11.6 Å². The van der Waals surface area contributed by atoms with Gasteiger partial charge in [0.05, 0.1) is 0 Å². The zero-order chi connectivity index (χ0) is 19.4. The van der Waals surface area contributed by atoms with E-state index in [2.05, 4.69) is 57.7 Å². The molecule has 1 heteroatoms. The van der Waals surface area contributed by atoms with Crippen molar-refractivity contribution in [2.24, 2.45) is 0 Å². The molecule has 2 aromatic rings. The number of hydrogen-bond acceptors (Lipinski definition) is 0. The van der Waals surface area contributed by atoms with E-state index in [1.807, 2.05) is 6.07 Å². The van der Waals surface area contributed by atoms with Gasteiger partial charge in [-0.15, -0.1) is 6.58 Å². The molecule has 0 saturated heterocycles. The summed E-state index contributed by atoms with van der Waals surface area (Å²) in [4.78, 5) is 0. The third kappa shape index (κ3) is 4.93. The molecule has 1 aliphatic carbocycles. The number of benzene rings is 2. The highest BCUT2D eigenvalue weighted by molar-refractivity contribution is 6.30. The normalized spacial score (nSPS) is 14.1. The van der Waals surface area contributed by atoms with E-state index in [0.29, 0.717) is 0 Å². The van der Waals surface area contributed by atoms with Gasteiger partial charge in [0.2, 0.25) is 0 Å². The van der Waals surface area contributed by atoms with E-state index in [1.165, 1.54) is 58.2 Å². The van der Waals surface area contributed by atoms with E-state index in [9.17, 15) is 0 Å². The first-order valence-electron chi connectivity index (χ1n) is 10.1. The van der Waals surface area contributed by atoms with Gasteiger partial charge in [0, 0.05) is 5.02 Å². The SMILES string of the molecule is C=C(C)CCc1ccc(CCC2=C(c3cccc(Cl)c3)CCC2)c(C)c1C. The van der Waals surface area contributed by atoms with Crippen LogP contribution in [0.4, 0.5) is 0 Å². The van der Waals surface area contributed by atoms with Crippen molar-refractivity contribution in [3.63, 3.8) is 0 Å². The Morgan fingerprint density at radius 2 is 1.67 bits per heavy atom. The van der Waals surface area contributed by atoms with E-state index in [1.54, 1.807) is 5.57 Å². The van der Waals surface area contributed by atoms with Gasteiger partial charge in [0.25, 0.3) is 0 Å². The molecule has 0 heterocycles. The van der Waals surface area contributed by atoms with E-state index in [-0.39, 0.29) is 0 Å². The minimum absolute atomic E-state index is 0.836. The molecule has 0 saturated carbocycles. The zero-order valence-corrected chi connectivity index (χ0v) is 17.8. The van der Waals surface area contributed by atoms with Crippen LogP contribution in [-0.2, 0) is 12.8 Å². The number of allylic oxidation sites excluding steroid dienone is 3. The van der Waals surface area contributed by atoms with Gasteiger partial charge >= 0.3 is 0 Å². The van der Waals surface area contributed by atoms with Crippen molar-refractivity contribution in [3.05, 3.63) is 87.0 Å². The summed E-state index contributed by atoms with van der Waals surface area (Å²) in [6.45, 7) is 10.7. The molecular formula is C26H31Cl. The van der Waals surface area contributed by atoms with Crippen molar-refractivity contribution in [1.82, 2.24) is 0 Å². The van der Waals surface area contributed by atoms with Gasteiger partial charge in [-0.25, -0.2) is 0 Å². The lowest BCUT2D eigenvalue weighted by molar-refractivity contribution is 0.839. The lowest BCUT2D eigenvalue weighted by Gasteiger charge is -2.15. The molecule has 1 aliphatic rings. The Morgan fingerprint density at radius 3 is 2.33 bits per heavy atom. The molecule has 0 N–H and O–H groups in total. The fraction of sp³-hybridized carbons (Fsp3) is 0.385. The van der Waals surface area contributed by atoms with Crippen LogP contribution in [0.3, 0.4) is 0 Å². The molecular weight excluding hydrogens is 348 g/mol. The smallest absolute Gasteiger partial charge is 0.0412 e. The van der Waals surface area contributed by atoms with Gasteiger partial charge in [0.1, 0.15) is 0 Å². The van der Waals surface area contributed by atoms with Crippen molar-refractivity contribution in [1.29, 1.82) is 0 Å². The van der Waals surface area contributed by atoms with E-state index < -0.39 is 0 Å². The molecule has 142 valence electrons. The first-order valence-corrected chi connectivity index (χ1v) is 10.5. The Bertz CT molecular complexity index is 870. The molecule has 0 fully saturated rings. The second kappa shape index (κ2) is 8.93. The molecule has 0 nitrogen and oxygen atoms in total. The average Bonchev–Trinajstić information content (AvgIpc) is 3.10. The van der Waals surface area contributed by atoms with Crippen LogP contribution in [0.15, 0.2) is 54.1 Å². The highest BCUT2D eigenvalue weighted by Crippen LogP contribution is 2.37. The predicted molar refractivity (Wildman–Crippen MR) is 120 cm³/mol. The fourth-order valence-electron chi connectivity index (χ4n) is 4.21. The maximum Gasteiger partial charge on any atom is 0.0412 e. The summed E-state index contributed by atoms with van der Waals surface area (Å²) in [5, 5.41) is 0.836. The van der Waals surface area contributed by atoms with Crippen LogP contribution in [0.25, 0.3) is 5.57 Å². The second-order valence-corrected chi connectivity index (χ2v) is 8.47. The maximum atomic E-state index is 6.21. The molecule has 0 amide bonds. The average molecular weight is 379 g/mol. The highest BCUT2D eigenvalue weighted by atomic mass is 35.5. The van der Waals surface area contributed by atoms with Gasteiger partial charge in [-0.3, -0.25) is 0 Å². The van der Waals surface area contributed by atoms with Crippen LogP contribution in [-0.4, -0.2) is 0 Å². The quantitative estimate of drug-likeness (QED) is 0.427. The third-order valence-corrected chi connectivity index (χ3v) is 6.27. The van der Waals surface area contributed by atoms with Gasteiger partial charge < -0.3 is 0 Å². The lowest BCUT2D eigenvalue weighted by atomic mass is 9.91. The summed E-state index contributed by atoms with van der Waals surface area (Å²) < 4.78 is 0. The zero-order valence-electron chi connectivity index (χ0n) is 17.0. The Morgan fingerprint density at radius 1 is 0.963 bits per heavy atom. The van der Waals surface area contributed by atoms with Crippen molar-refractivity contribution in [3.8, 4) is 0 Å². The molecule has 0 aliphatic heterocycles. The van der Waals surface area contributed by atoms with E-state index in [0.717, 1.165) is 30.7 Å². The summed E-state index contributed by atoms with van der Waals surface area (Å²) in [7, 11) is 0. The largest absolute Gasteiger partial charge is 0.100 e. The molecule has 0 aromatic heterocycles. The minimum Gasteiger partial charge on any atom is -0.100 e. The van der Waals surface area contributed by atoms with Crippen molar-refractivity contribution in [2.45, 2.75) is 65.7 Å². The van der Waals surface area contributed by atoms with Crippen molar-refractivity contribution in [2.75, 3.05) is 0 Å². The van der Waals surface area contributed by atoms with Crippen LogP contribution < -0.4 is 0 Å². The highest BCUT2D eigenvalue weighted by Gasteiger charge is 2.17. The van der Waals surface area contributed by atoms with Crippen LogP contribution in [0.1, 0.15) is 66.8 Å².